The minimum atomic E-state index is -0.944. The number of carbonyl (C=O) groups excluding carboxylic acids is 6. The number of hydrogen-bond acceptors (Lipinski definition) is 20. The summed E-state index contributed by atoms with van der Waals surface area (Å²) < 4.78 is 74.0. The van der Waals surface area contributed by atoms with E-state index in [9.17, 15) is 28.8 Å². The van der Waals surface area contributed by atoms with E-state index in [0.717, 1.165) is 22.3 Å². The molecule has 1 aliphatic rings. The summed E-state index contributed by atoms with van der Waals surface area (Å²) in [5, 5.41) is 0. The van der Waals surface area contributed by atoms with Crippen LogP contribution in [0.25, 0.3) is 11.1 Å². The molecule has 402 valence electrons. The van der Waals surface area contributed by atoms with Gasteiger partial charge in [0.2, 0.25) is 0 Å². The first-order chi connectivity index (χ1) is 36.1. The predicted molar refractivity (Wildman–Crippen MR) is 267 cm³/mol. The summed E-state index contributed by atoms with van der Waals surface area (Å²) in [7, 11) is 0. The lowest BCUT2D eigenvalue weighted by Gasteiger charge is -2.22. The number of rotatable bonds is 32. The molecule has 0 spiro atoms. The molecule has 4 aromatic rings. The predicted octanol–water partition coefficient (Wildman–Crippen LogP) is 7.80. The van der Waals surface area contributed by atoms with Crippen LogP contribution in [0.4, 0.5) is 9.59 Å². The van der Waals surface area contributed by atoms with Crippen molar-refractivity contribution in [3.63, 3.8) is 0 Å². The van der Waals surface area contributed by atoms with Crippen molar-refractivity contribution in [1.82, 2.24) is 0 Å². The van der Waals surface area contributed by atoms with E-state index >= 15 is 0 Å². The van der Waals surface area contributed by atoms with Gasteiger partial charge in [0.15, 0.2) is 0 Å². The highest BCUT2D eigenvalue weighted by Gasteiger charge is 2.36. The van der Waals surface area contributed by atoms with E-state index in [-0.39, 0.29) is 88.7 Å². The fourth-order valence-corrected chi connectivity index (χ4v) is 6.81. The Hall–Kier alpha value is -7.46. The third-order valence-electron chi connectivity index (χ3n) is 10.6. The van der Waals surface area contributed by atoms with Gasteiger partial charge in [-0.2, -0.15) is 0 Å². The third kappa shape index (κ3) is 19.7. The minimum absolute atomic E-state index is 0.0534. The van der Waals surface area contributed by atoms with Crippen molar-refractivity contribution < 1.29 is 95.1 Å². The second kappa shape index (κ2) is 30.7. The Morgan fingerprint density at radius 1 is 0.373 bits per heavy atom. The largest absolute Gasteiger partial charge is 0.513 e. The molecule has 5 rings (SSSR count). The number of hydrogen-bond donors (Lipinski definition) is 0. The summed E-state index contributed by atoms with van der Waals surface area (Å²) in [5.74, 6) is -1.23. The lowest BCUT2D eigenvalue weighted by Crippen LogP contribution is -2.17. The quantitative estimate of drug-likeness (QED) is 0.0113. The smallest absolute Gasteiger partial charge is 0.460 e. The van der Waals surface area contributed by atoms with Gasteiger partial charge in [0.25, 0.3) is 0 Å². The minimum Gasteiger partial charge on any atom is -0.460 e. The normalized spacial score (nSPS) is 11.8. The Morgan fingerprint density at radius 2 is 0.653 bits per heavy atom. The Bertz CT molecular complexity index is 2390. The number of ether oxygens (including phenoxy) is 14. The molecule has 20 heteroatoms. The highest BCUT2D eigenvalue weighted by atomic mass is 16.7. The zero-order chi connectivity index (χ0) is 54.0. The molecule has 1 aliphatic carbocycles. The summed E-state index contributed by atoms with van der Waals surface area (Å²) in [6, 6.07) is 22.4. The van der Waals surface area contributed by atoms with Gasteiger partial charge < -0.3 is 66.3 Å². The van der Waals surface area contributed by atoms with Crippen LogP contribution in [0.5, 0.6) is 23.0 Å². The summed E-state index contributed by atoms with van der Waals surface area (Å²) in [4.78, 5) is 73.3. The van der Waals surface area contributed by atoms with Gasteiger partial charge in [-0.05, 0) is 109 Å². The van der Waals surface area contributed by atoms with Crippen LogP contribution < -0.4 is 18.9 Å². The van der Waals surface area contributed by atoms with Gasteiger partial charge in [0, 0.05) is 16.6 Å². The van der Waals surface area contributed by atoms with Gasteiger partial charge in [-0.3, -0.25) is 0 Å². The first-order valence-corrected chi connectivity index (χ1v) is 23.9. The fraction of sp³-hybridized carbons (Fsp3) is 0.382. The first-order valence-electron chi connectivity index (χ1n) is 23.9. The molecule has 0 unspecified atom stereocenters. The van der Waals surface area contributed by atoms with Gasteiger partial charge in [0.1, 0.15) is 49.4 Å². The third-order valence-corrected chi connectivity index (χ3v) is 10.6. The lowest BCUT2D eigenvalue weighted by molar-refractivity contribution is -0.141. The molecule has 0 N–H and O–H groups in total. The van der Waals surface area contributed by atoms with Crippen LogP contribution >= 0.6 is 0 Å². The molecule has 0 aromatic heterocycles. The van der Waals surface area contributed by atoms with E-state index in [1.165, 1.54) is 48.5 Å². The summed E-state index contributed by atoms with van der Waals surface area (Å²) in [6.07, 6.45) is -1.89. The zero-order valence-corrected chi connectivity index (χ0v) is 42.5. The molecule has 20 nitrogen and oxygen atoms in total. The Balaban J connectivity index is 0.957. The van der Waals surface area contributed by atoms with E-state index in [1.54, 1.807) is 38.1 Å². The molecule has 0 saturated heterocycles. The molecule has 0 bridgehead atoms. The molecule has 0 radical (unpaired) electrons. The average Bonchev–Trinajstić information content (AvgIpc) is 3.60. The topological polar surface area (TPSA) is 232 Å². The maximum absolute atomic E-state index is 13.2. The average molecular weight is 1040 g/mol. The van der Waals surface area contributed by atoms with Crippen molar-refractivity contribution in [3.8, 4) is 34.1 Å². The van der Waals surface area contributed by atoms with Gasteiger partial charge in [-0.25, -0.2) is 28.8 Å². The molecule has 0 fully saturated rings. The van der Waals surface area contributed by atoms with Crippen molar-refractivity contribution in [3.05, 3.63) is 131 Å². The van der Waals surface area contributed by atoms with Crippen LogP contribution in [0.2, 0.25) is 0 Å². The van der Waals surface area contributed by atoms with Crippen molar-refractivity contribution in [1.29, 1.82) is 0 Å². The van der Waals surface area contributed by atoms with E-state index in [4.69, 9.17) is 66.3 Å². The second-order valence-corrected chi connectivity index (χ2v) is 16.8. The Morgan fingerprint density at radius 3 is 0.960 bits per heavy atom. The van der Waals surface area contributed by atoms with E-state index in [2.05, 4.69) is 13.2 Å². The molecule has 4 aromatic carbocycles. The number of benzene rings is 4. The molecular weight excluding hydrogens is 981 g/mol. The molecule has 0 saturated carbocycles. The summed E-state index contributed by atoms with van der Waals surface area (Å²) >= 11 is 0. The molecule has 0 heterocycles. The summed E-state index contributed by atoms with van der Waals surface area (Å²) in [5.41, 5.74) is 4.18. The highest BCUT2D eigenvalue weighted by molar-refractivity contribution is 5.93. The van der Waals surface area contributed by atoms with Crippen LogP contribution in [0, 0.1) is 0 Å². The maximum Gasteiger partial charge on any atom is 0.513 e. The van der Waals surface area contributed by atoms with Crippen LogP contribution in [-0.2, 0) is 62.4 Å². The second-order valence-electron chi connectivity index (χ2n) is 16.8. The lowest BCUT2D eigenvalue weighted by atomic mass is 9.82. The number of carbonyl (C=O) groups is 6. The van der Waals surface area contributed by atoms with Crippen molar-refractivity contribution in [2.45, 2.75) is 33.1 Å². The zero-order valence-electron chi connectivity index (χ0n) is 42.5. The standard InChI is InChI=1S/C55H62O20/c1-37(2)49(56)68-31-27-64-23-19-62-21-25-66-29-33-70-53(60)74-41-11-7-39(8-12-41)51(58)72-43-15-17-45-46-18-16-44(36-48(46)55(5,6)47(45)35-43)73-52(59)40-9-13-42(14-10-40)75-54(61)71-34-30-67-26-22-63-20-24-65-28-32-69-50(57)38(3)4/h7-18,35-36H,1,3,19-34H2,2,4-6H3. The van der Waals surface area contributed by atoms with E-state index in [0.29, 0.717) is 62.3 Å². The van der Waals surface area contributed by atoms with Crippen molar-refractivity contribution in [2.75, 3.05) is 106 Å². The van der Waals surface area contributed by atoms with E-state index < -0.39 is 41.6 Å². The monoisotopic (exact) mass is 1040 g/mol. The van der Waals surface area contributed by atoms with Crippen LogP contribution in [-0.4, -0.2) is 142 Å². The van der Waals surface area contributed by atoms with Gasteiger partial charge in [-0.15, -0.1) is 0 Å². The molecule has 0 atom stereocenters. The molecular formula is C55H62O20. The fourth-order valence-electron chi connectivity index (χ4n) is 6.81. The maximum atomic E-state index is 13.2. The highest BCUT2D eigenvalue weighted by Crippen LogP contribution is 2.50. The molecule has 0 amide bonds. The number of esters is 4. The first kappa shape index (κ1) is 58.4. The van der Waals surface area contributed by atoms with E-state index in [1.807, 2.05) is 26.0 Å². The number of fused-ring (bicyclic) bond motifs is 3. The molecule has 75 heavy (non-hydrogen) atoms. The Labute approximate surface area is 434 Å². The summed E-state index contributed by atoms with van der Waals surface area (Å²) in [6.45, 7) is 17.5. The van der Waals surface area contributed by atoms with Crippen LogP contribution in [0.15, 0.2) is 109 Å². The molecule has 0 aliphatic heterocycles. The van der Waals surface area contributed by atoms with Gasteiger partial charge in [0.05, 0.1) is 90.4 Å². The van der Waals surface area contributed by atoms with Crippen molar-refractivity contribution in [2.24, 2.45) is 0 Å². The van der Waals surface area contributed by atoms with Crippen LogP contribution in [0.3, 0.4) is 0 Å². The Kier molecular flexibility index (Phi) is 23.9. The van der Waals surface area contributed by atoms with Crippen LogP contribution in [0.1, 0.15) is 59.5 Å². The van der Waals surface area contributed by atoms with Crippen molar-refractivity contribution >= 4 is 36.2 Å². The van der Waals surface area contributed by atoms with Gasteiger partial charge in [-0.1, -0.05) is 39.1 Å². The van der Waals surface area contributed by atoms with Gasteiger partial charge >= 0.3 is 36.2 Å². The SMILES string of the molecule is C=C(C)C(=O)OCCOCCOCCOCCOC(=O)Oc1ccc(C(=O)Oc2ccc3c(c2)C(C)(C)c2cc(OC(=O)c4ccc(OC(=O)OCCOCCOCCOCCOC(=O)C(=C)C)cc4)ccc2-3)cc1.